The van der Waals surface area contributed by atoms with E-state index in [4.69, 9.17) is 5.73 Å². The summed E-state index contributed by atoms with van der Waals surface area (Å²) in [7, 11) is 0. The molecule has 0 aliphatic carbocycles. The van der Waals surface area contributed by atoms with Crippen molar-refractivity contribution in [2.45, 2.75) is 66.2 Å². The fourth-order valence-electron chi connectivity index (χ4n) is 3.77. The average Bonchev–Trinajstić information content (AvgIpc) is 2.87. The second kappa shape index (κ2) is 9.29. The van der Waals surface area contributed by atoms with Gasteiger partial charge in [-0.1, -0.05) is 33.1 Å². The van der Waals surface area contributed by atoms with Crippen molar-refractivity contribution in [1.82, 2.24) is 4.90 Å². The normalized spacial score (nSPS) is 18.0. The van der Waals surface area contributed by atoms with Gasteiger partial charge in [-0.15, -0.1) is 0 Å². The van der Waals surface area contributed by atoms with Crippen LogP contribution in [0.4, 0.5) is 0 Å². The van der Waals surface area contributed by atoms with Gasteiger partial charge in [0.15, 0.2) is 0 Å². The van der Waals surface area contributed by atoms with Crippen LogP contribution < -0.4 is 5.73 Å². The van der Waals surface area contributed by atoms with Gasteiger partial charge in [0, 0.05) is 13.0 Å². The Labute approximate surface area is 136 Å². The molecule has 0 aromatic carbocycles. The Kier molecular flexibility index (Phi) is 8.08. The second-order valence-electron chi connectivity index (χ2n) is 6.95. The number of hydrogen-bond acceptors (Lipinski definition) is 3. The molecule has 0 aromatic heterocycles. The van der Waals surface area contributed by atoms with Crippen molar-refractivity contribution in [1.29, 1.82) is 0 Å². The van der Waals surface area contributed by atoms with Crippen molar-refractivity contribution in [2.24, 2.45) is 11.1 Å². The van der Waals surface area contributed by atoms with Crippen LogP contribution in [0, 0.1) is 5.41 Å². The summed E-state index contributed by atoms with van der Waals surface area (Å²) in [6.07, 6.45) is 6.77. The molecule has 0 aromatic rings. The van der Waals surface area contributed by atoms with Gasteiger partial charge in [0.2, 0.25) is 0 Å². The van der Waals surface area contributed by atoms with E-state index in [2.05, 4.69) is 30.2 Å². The highest BCUT2D eigenvalue weighted by Crippen LogP contribution is 2.34. The maximum absolute atomic E-state index is 11.4. The van der Waals surface area contributed by atoms with Crippen molar-refractivity contribution in [3.05, 3.63) is 0 Å². The Morgan fingerprint density at radius 2 is 2.05 bits per heavy atom. The van der Waals surface area contributed by atoms with E-state index in [9.17, 15) is 4.79 Å². The van der Waals surface area contributed by atoms with Crippen molar-refractivity contribution in [3.8, 4) is 0 Å². The van der Waals surface area contributed by atoms with Crippen LogP contribution in [-0.2, 0) is 4.79 Å². The van der Waals surface area contributed by atoms with E-state index in [1.54, 1.807) is 6.92 Å². The Hall–Kier alpha value is -0.900. The molecule has 0 spiro atoms. The number of nitrogens with two attached hydrogens (primary N) is 1. The number of carbonyl (C=O) groups excluding carboxylic acids is 1. The van der Waals surface area contributed by atoms with Crippen molar-refractivity contribution in [3.63, 3.8) is 0 Å². The zero-order chi connectivity index (χ0) is 16.6. The molecule has 4 nitrogen and oxygen atoms in total. The van der Waals surface area contributed by atoms with Gasteiger partial charge < -0.3 is 5.73 Å². The summed E-state index contributed by atoms with van der Waals surface area (Å²) >= 11 is 0. The molecule has 0 fully saturated rings. The molecule has 0 bridgehead atoms. The number of hydrogen-bond donors (Lipinski definition) is 1. The lowest BCUT2D eigenvalue weighted by molar-refractivity contribution is -0.520. The number of carbonyl (C=O) groups is 1. The highest BCUT2D eigenvalue weighted by atomic mass is 16.1. The monoisotopic (exact) mass is 310 g/mol. The number of Topliss-reactive ketones (excluding diaryl/α,β-unsaturated/α-hetero) is 1. The van der Waals surface area contributed by atoms with Gasteiger partial charge in [-0.2, -0.15) is 0 Å². The third-order valence-electron chi connectivity index (χ3n) is 4.80. The first-order valence-corrected chi connectivity index (χ1v) is 9.05. The molecular formula is C18H36N3O+. The van der Waals surface area contributed by atoms with Crippen molar-refractivity contribution in [2.75, 3.05) is 32.7 Å². The van der Waals surface area contributed by atoms with Crippen molar-refractivity contribution < 1.29 is 9.37 Å². The fraction of sp³-hybridized carbons (Fsp3) is 0.889. The summed E-state index contributed by atoms with van der Waals surface area (Å²) in [5.41, 5.74) is 6.04. The smallest absolute Gasteiger partial charge is 0.253 e. The van der Waals surface area contributed by atoms with Gasteiger partial charge in [0.25, 0.3) is 5.84 Å². The summed E-state index contributed by atoms with van der Waals surface area (Å²) in [6, 6.07) is 0. The quantitative estimate of drug-likeness (QED) is 0.597. The first-order chi connectivity index (χ1) is 10.5. The van der Waals surface area contributed by atoms with E-state index in [1.807, 2.05) is 0 Å². The van der Waals surface area contributed by atoms with Gasteiger partial charge in [0.1, 0.15) is 18.9 Å². The zero-order valence-corrected chi connectivity index (χ0v) is 15.2. The molecule has 0 radical (unpaired) electrons. The van der Waals surface area contributed by atoms with Crippen LogP contribution in [0.1, 0.15) is 66.2 Å². The van der Waals surface area contributed by atoms with E-state index in [0.29, 0.717) is 13.0 Å². The highest BCUT2D eigenvalue weighted by molar-refractivity contribution is 5.84. The van der Waals surface area contributed by atoms with E-state index >= 15 is 0 Å². The molecule has 1 unspecified atom stereocenters. The van der Waals surface area contributed by atoms with Gasteiger partial charge in [-0.25, -0.2) is 0 Å². The molecule has 1 rings (SSSR count). The lowest BCUT2D eigenvalue weighted by Gasteiger charge is -2.31. The minimum atomic E-state index is 0.215. The minimum absolute atomic E-state index is 0.215. The molecule has 0 amide bonds. The van der Waals surface area contributed by atoms with Crippen LogP contribution in [0.3, 0.4) is 0 Å². The maximum atomic E-state index is 11.4. The molecule has 2 N–H and O–H groups in total. The molecule has 128 valence electrons. The minimum Gasteiger partial charge on any atom is -0.327 e. The first kappa shape index (κ1) is 19.1. The molecular weight excluding hydrogens is 274 g/mol. The average molecular weight is 311 g/mol. The Morgan fingerprint density at radius 3 is 2.59 bits per heavy atom. The first-order valence-electron chi connectivity index (χ1n) is 9.05. The summed E-state index contributed by atoms with van der Waals surface area (Å²) in [5.74, 6) is 1.73. The lowest BCUT2D eigenvalue weighted by atomic mass is 9.78. The van der Waals surface area contributed by atoms with Crippen LogP contribution >= 0.6 is 0 Å². The molecule has 1 aliphatic heterocycles. The standard InChI is InChI=1S/C18H36N3O/c1-5-7-10-18(4,9-6-2)17-20(12-8-16(3)22)14-15-21(17)13-11-19/h5-15,19H2,1-4H3/q+1. The number of amidine groups is 1. The van der Waals surface area contributed by atoms with Crippen LogP contribution in [0.2, 0.25) is 0 Å². The largest absolute Gasteiger partial charge is 0.327 e. The van der Waals surface area contributed by atoms with Crippen LogP contribution in [0.25, 0.3) is 0 Å². The number of unbranched alkanes of at least 4 members (excludes halogenated alkanes) is 1. The van der Waals surface area contributed by atoms with Gasteiger partial charge in [0.05, 0.1) is 18.5 Å². The molecule has 1 atom stereocenters. The Morgan fingerprint density at radius 1 is 1.32 bits per heavy atom. The molecule has 4 heteroatoms. The van der Waals surface area contributed by atoms with Gasteiger partial charge in [-0.3, -0.25) is 14.3 Å². The number of rotatable bonds is 11. The van der Waals surface area contributed by atoms with Gasteiger partial charge in [-0.05, 0) is 26.7 Å². The molecule has 0 saturated carbocycles. The van der Waals surface area contributed by atoms with Crippen molar-refractivity contribution >= 4 is 11.6 Å². The third-order valence-corrected chi connectivity index (χ3v) is 4.80. The van der Waals surface area contributed by atoms with Gasteiger partial charge >= 0.3 is 0 Å². The van der Waals surface area contributed by atoms with Crippen LogP contribution in [0.5, 0.6) is 0 Å². The molecule has 1 aliphatic rings. The predicted molar refractivity (Wildman–Crippen MR) is 93.5 cm³/mol. The van der Waals surface area contributed by atoms with Crippen LogP contribution in [-0.4, -0.2) is 53.8 Å². The Bertz CT molecular complexity index is 392. The molecule has 1 heterocycles. The molecule has 0 saturated heterocycles. The SMILES string of the molecule is CCCCC(C)(CCC)C1=[N+](CCC(C)=O)CCN1CCN. The summed E-state index contributed by atoms with van der Waals surface area (Å²) in [5, 5.41) is 0. The van der Waals surface area contributed by atoms with Crippen LogP contribution in [0.15, 0.2) is 0 Å². The topological polar surface area (TPSA) is 49.3 Å². The fourth-order valence-corrected chi connectivity index (χ4v) is 3.77. The summed E-state index contributed by atoms with van der Waals surface area (Å²) in [4.78, 5) is 13.9. The summed E-state index contributed by atoms with van der Waals surface area (Å²) < 4.78 is 2.46. The van der Waals surface area contributed by atoms with E-state index < -0.39 is 0 Å². The second-order valence-corrected chi connectivity index (χ2v) is 6.95. The third kappa shape index (κ3) is 5.08. The van der Waals surface area contributed by atoms with E-state index in [1.165, 1.54) is 37.9 Å². The maximum Gasteiger partial charge on any atom is 0.253 e. The van der Waals surface area contributed by atoms with E-state index in [-0.39, 0.29) is 11.2 Å². The predicted octanol–water partition coefficient (Wildman–Crippen LogP) is 2.65. The number of nitrogens with zero attached hydrogens (tertiary/aromatic N) is 2. The molecule has 22 heavy (non-hydrogen) atoms. The van der Waals surface area contributed by atoms with E-state index in [0.717, 1.165) is 26.2 Å². The lowest BCUT2D eigenvalue weighted by Crippen LogP contribution is -2.45. The summed E-state index contributed by atoms with van der Waals surface area (Å²) in [6.45, 7) is 13.2. The number of ketones is 1. The zero-order valence-electron chi connectivity index (χ0n) is 15.2. The Balaban J connectivity index is 3.07. The highest BCUT2D eigenvalue weighted by Gasteiger charge is 2.43.